The van der Waals surface area contributed by atoms with Crippen LogP contribution >= 0.6 is 11.3 Å². The molecule has 4 rings (SSSR count). The summed E-state index contributed by atoms with van der Waals surface area (Å²) in [6.07, 6.45) is 3.39. The number of ketones is 1. The number of aromatic nitrogens is 1. The van der Waals surface area contributed by atoms with Crippen LogP contribution < -0.4 is 9.64 Å². The zero-order valence-electron chi connectivity index (χ0n) is 23.7. The van der Waals surface area contributed by atoms with Crippen molar-refractivity contribution in [2.45, 2.75) is 52.5 Å². The Morgan fingerprint density at radius 2 is 1.83 bits per heavy atom. The van der Waals surface area contributed by atoms with Crippen molar-refractivity contribution < 1.29 is 29.0 Å². The lowest BCUT2D eigenvalue weighted by Crippen LogP contribution is -2.29. The van der Waals surface area contributed by atoms with Gasteiger partial charge in [0.05, 0.1) is 23.9 Å². The number of amides is 1. The van der Waals surface area contributed by atoms with Gasteiger partial charge in [-0.3, -0.25) is 14.5 Å². The number of anilines is 1. The number of aryl methyl sites for hydroxylation is 1. The molecule has 2 aromatic carbocycles. The number of carbonyl (C=O) groups is 3. The Labute approximate surface area is 243 Å². The Balaban J connectivity index is 1.81. The second-order valence-electron chi connectivity index (χ2n) is 10.0. The molecule has 1 amide bonds. The van der Waals surface area contributed by atoms with Gasteiger partial charge < -0.3 is 14.6 Å². The molecule has 2 heterocycles. The van der Waals surface area contributed by atoms with Gasteiger partial charge in [-0.15, -0.1) is 0 Å². The number of aliphatic hydroxyl groups excluding tert-OH is 1. The number of nitrogens with zero attached hydrogens (tertiary/aromatic N) is 2. The zero-order chi connectivity index (χ0) is 29.7. The van der Waals surface area contributed by atoms with Crippen LogP contribution in [0.2, 0.25) is 0 Å². The van der Waals surface area contributed by atoms with Gasteiger partial charge in [-0.05, 0) is 54.7 Å². The van der Waals surface area contributed by atoms with Gasteiger partial charge in [0.25, 0.3) is 5.78 Å². The highest BCUT2D eigenvalue weighted by Gasteiger charge is 2.48. The maximum Gasteiger partial charge on any atom is 0.350 e. The van der Waals surface area contributed by atoms with Crippen molar-refractivity contribution in [3.05, 3.63) is 94.0 Å². The van der Waals surface area contributed by atoms with Crippen LogP contribution in [-0.2, 0) is 14.3 Å². The third kappa shape index (κ3) is 6.25. The lowest BCUT2D eigenvalue weighted by Gasteiger charge is -2.23. The number of Topliss-reactive ketones (excluding diaryl/α,β-unsaturated/α-hetero) is 1. The quantitative estimate of drug-likeness (QED) is 0.0676. The molecule has 41 heavy (non-hydrogen) atoms. The lowest BCUT2D eigenvalue weighted by atomic mass is 9.93. The largest absolute Gasteiger partial charge is 0.507 e. The number of benzene rings is 2. The summed E-state index contributed by atoms with van der Waals surface area (Å²) in [7, 11) is 0. The second-order valence-corrected chi connectivity index (χ2v) is 11.0. The molecule has 0 spiro atoms. The summed E-state index contributed by atoms with van der Waals surface area (Å²) in [4.78, 5) is 45.6. The van der Waals surface area contributed by atoms with Crippen molar-refractivity contribution in [3.63, 3.8) is 0 Å². The number of carbonyl (C=O) groups excluding carboxylic acids is 3. The average molecular weight is 575 g/mol. The van der Waals surface area contributed by atoms with Crippen LogP contribution in [0.5, 0.6) is 5.75 Å². The number of esters is 1. The Hall–Kier alpha value is -4.24. The van der Waals surface area contributed by atoms with Gasteiger partial charge in [-0.25, -0.2) is 9.78 Å². The maximum atomic E-state index is 13.5. The van der Waals surface area contributed by atoms with Crippen molar-refractivity contribution >= 4 is 39.9 Å². The second kappa shape index (κ2) is 13.0. The maximum absolute atomic E-state index is 13.5. The molecule has 0 radical (unpaired) electrons. The van der Waals surface area contributed by atoms with Crippen LogP contribution in [0.15, 0.2) is 66.8 Å². The highest BCUT2D eigenvalue weighted by Crippen LogP contribution is 2.44. The predicted octanol–water partition coefficient (Wildman–Crippen LogP) is 6.72. The first kappa shape index (κ1) is 29.7. The van der Waals surface area contributed by atoms with Crippen LogP contribution in [0, 0.1) is 6.92 Å². The summed E-state index contributed by atoms with van der Waals surface area (Å²) in [5.41, 5.74) is 2.39. The number of ether oxygens (including phenoxy) is 2. The molecule has 1 aromatic heterocycles. The van der Waals surface area contributed by atoms with E-state index in [9.17, 15) is 19.5 Å². The molecular formula is C32H34N2O6S. The van der Waals surface area contributed by atoms with E-state index in [0.717, 1.165) is 29.7 Å². The van der Waals surface area contributed by atoms with Crippen LogP contribution in [0.4, 0.5) is 5.13 Å². The van der Waals surface area contributed by atoms with E-state index in [1.807, 2.05) is 24.3 Å². The van der Waals surface area contributed by atoms with Crippen LogP contribution in [0.3, 0.4) is 0 Å². The summed E-state index contributed by atoms with van der Waals surface area (Å²) in [6, 6.07) is 13.4. The number of aliphatic hydroxyl groups is 1. The molecule has 0 saturated carbocycles. The molecule has 1 aliphatic rings. The highest BCUT2D eigenvalue weighted by atomic mass is 32.1. The first-order chi connectivity index (χ1) is 19.7. The van der Waals surface area contributed by atoms with Crippen LogP contribution in [0.1, 0.15) is 77.6 Å². The molecule has 0 bridgehead atoms. The van der Waals surface area contributed by atoms with Gasteiger partial charge in [0, 0.05) is 5.56 Å². The van der Waals surface area contributed by atoms with Gasteiger partial charge in [-0.1, -0.05) is 75.4 Å². The van der Waals surface area contributed by atoms with Crippen molar-refractivity contribution in [1.29, 1.82) is 0 Å². The van der Waals surface area contributed by atoms with Gasteiger partial charge in [0.2, 0.25) is 0 Å². The van der Waals surface area contributed by atoms with Crippen LogP contribution in [-0.4, -0.2) is 41.0 Å². The van der Waals surface area contributed by atoms with E-state index in [-0.39, 0.29) is 33.9 Å². The highest BCUT2D eigenvalue weighted by molar-refractivity contribution is 7.17. The fraction of sp³-hybridized carbons (Fsp3) is 0.312. The van der Waals surface area contributed by atoms with Crippen LogP contribution in [0.25, 0.3) is 5.76 Å². The summed E-state index contributed by atoms with van der Waals surface area (Å²) in [6.45, 7) is 12.0. The molecule has 3 aromatic rings. The fourth-order valence-electron chi connectivity index (χ4n) is 4.48. The first-order valence-corrected chi connectivity index (χ1v) is 14.4. The van der Waals surface area contributed by atoms with Crippen molar-refractivity contribution in [1.82, 2.24) is 4.98 Å². The molecule has 0 aliphatic carbocycles. The summed E-state index contributed by atoms with van der Waals surface area (Å²) in [5, 5.41) is 11.6. The molecule has 1 atom stereocenters. The molecule has 9 heteroatoms. The first-order valence-electron chi connectivity index (χ1n) is 13.6. The third-order valence-corrected chi connectivity index (χ3v) is 7.90. The number of hydrogen-bond donors (Lipinski definition) is 1. The summed E-state index contributed by atoms with van der Waals surface area (Å²) in [5.74, 6) is -1.66. The molecule has 1 N–H and O–H groups in total. The average Bonchev–Trinajstić information content (AvgIpc) is 3.48. The topological polar surface area (TPSA) is 106 Å². The number of hydrogen-bond acceptors (Lipinski definition) is 8. The zero-order valence-corrected chi connectivity index (χ0v) is 24.5. The normalized spacial score (nSPS) is 16.3. The smallest absolute Gasteiger partial charge is 0.350 e. The van der Waals surface area contributed by atoms with E-state index in [0.29, 0.717) is 29.2 Å². The van der Waals surface area contributed by atoms with Crippen molar-refractivity contribution in [2.24, 2.45) is 0 Å². The number of unbranched alkanes of at least 4 members (excludes halogenated alkanes) is 1. The molecule has 8 nitrogen and oxygen atoms in total. The fourth-order valence-corrected chi connectivity index (χ4v) is 5.47. The van der Waals surface area contributed by atoms with E-state index in [1.165, 1.54) is 11.0 Å². The number of thiazole rings is 1. The molecule has 214 valence electrons. The molecular weight excluding hydrogens is 540 g/mol. The minimum absolute atomic E-state index is 0.0284. The predicted molar refractivity (Wildman–Crippen MR) is 159 cm³/mol. The molecule has 1 aliphatic heterocycles. The van der Waals surface area contributed by atoms with E-state index in [1.54, 1.807) is 31.2 Å². The Morgan fingerprint density at radius 3 is 2.44 bits per heavy atom. The minimum atomic E-state index is -0.959. The SMILES string of the molecule is C=CCOC(=O)c1sc(N2C(=O)C(=O)/C(=C(\O)c3ccc(OCCCC)cc3)C2c2ccc(C(C)C)cc2)nc1C. The number of rotatable bonds is 11. The van der Waals surface area contributed by atoms with Gasteiger partial charge in [-0.2, -0.15) is 0 Å². The molecule has 1 unspecified atom stereocenters. The van der Waals surface area contributed by atoms with Crippen molar-refractivity contribution in [3.8, 4) is 5.75 Å². The standard InChI is InChI=1S/C32H34N2O6S/c1-6-8-18-39-24-15-13-23(14-16-24)27(35)25-26(22-11-9-21(10-12-22)19(3)4)34(30(37)28(25)36)32-33-20(5)29(41-32)31(38)40-17-7-2/h7,9-16,19,26,35H,2,6,8,17-18H2,1,3-5H3/b27-25-. The minimum Gasteiger partial charge on any atom is -0.507 e. The van der Waals surface area contributed by atoms with E-state index in [4.69, 9.17) is 9.47 Å². The van der Waals surface area contributed by atoms with Gasteiger partial charge in [0.15, 0.2) is 5.13 Å². The monoisotopic (exact) mass is 574 g/mol. The van der Waals surface area contributed by atoms with E-state index >= 15 is 0 Å². The molecule has 1 saturated heterocycles. The van der Waals surface area contributed by atoms with Gasteiger partial charge in [0.1, 0.15) is 23.0 Å². The molecule has 1 fully saturated rings. The lowest BCUT2D eigenvalue weighted by molar-refractivity contribution is -0.132. The van der Waals surface area contributed by atoms with E-state index < -0.39 is 23.7 Å². The Bertz CT molecular complexity index is 1470. The third-order valence-electron chi connectivity index (χ3n) is 6.77. The van der Waals surface area contributed by atoms with Crippen molar-refractivity contribution in [2.75, 3.05) is 18.1 Å². The Kier molecular flexibility index (Phi) is 9.39. The summed E-state index contributed by atoms with van der Waals surface area (Å²) < 4.78 is 10.9. The Morgan fingerprint density at radius 1 is 1.15 bits per heavy atom. The summed E-state index contributed by atoms with van der Waals surface area (Å²) >= 11 is 0.961. The van der Waals surface area contributed by atoms with E-state index in [2.05, 4.69) is 32.3 Å². The van der Waals surface area contributed by atoms with Gasteiger partial charge >= 0.3 is 11.9 Å².